The first-order valence-electron chi connectivity index (χ1n) is 5.65. The average molecular weight is 195 g/mol. The molecule has 0 fully saturated rings. The minimum Gasteiger partial charge on any atom is -0.262 e. The van der Waals surface area contributed by atoms with Gasteiger partial charge in [0.05, 0.1) is 0 Å². The number of hydrogen-bond acceptors (Lipinski definition) is 1. The van der Waals surface area contributed by atoms with Crippen molar-refractivity contribution in [2.24, 2.45) is 4.99 Å². The molecule has 0 aromatic rings. The number of hydrogen-bond donors (Lipinski definition) is 0. The molecule has 0 heterocycles. The number of nitrogens with zero attached hydrogens (tertiary/aromatic N) is 1. The SMILES string of the molecule is C=CN=C(/C=C\C)CCCCC.CC. The third kappa shape index (κ3) is 11.2. The van der Waals surface area contributed by atoms with Gasteiger partial charge in [-0.05, 0) is 25.8 Å². The lowest BCUT2D eigenvalue weighted by Crippen LogP contribution is -1.92. The van der Waals surface area contributed by atoms with Crippen molar-refractivity contribution in [1.82, 2.24) is 0 Å². The van der Waals surface area contributed by atoms with Crippen molar-refractivity contribution in [3.63, 3.8) is 0 Å². The number of allylic oxidation sites excluding steroid dienone is 2. The molecule has 0 N–H and O–H groups in total. The van der Waals surface area contributed by atoms with Gasteiger partial charge in [-0.2, -0.15) is 0 Å². The fourth-order valence-corrected chi connectivity index (χ4v) is 1.06. The van der Waals surface area contributed by atoms with E-state index in [1.807, 2.05) is 26.8 Å². The van der Waals surface area contributed by atoms with E-state index < -0.39 is 0 Å². The van der Waals surface area contributed by atoms with Crippen LogP contribution >= 0.6 is 0 Å². The molecule has 0 atom stereocenters. The summed E-state index contributed by atoms with van der Waals surface area (Å²) < 4.78 is 0. The zero-order chi connectivity index (χ0) is 11.2. The maximum absolute atomic E-state index is 4.18. The predicted octanol–water partition coefficient (Wildman–Crippen LogP) is 4.75. The molecule has 0 rings (SSSR count). The van der Waals surface area contributed by atoms with E-state index in [0.717, 1.165) is 12.1 Å². The number of unbranched alkanes of at least 4 members (excludes halogenated alkanes) is 2. The summed E-state index contributed by atoms with van der Waals surface area (Å²) in [5.74, 6) is 0. The van der Waals surface area contributed by atoms with Gasteiger partial charge in [0, 0.05) is 11.9 Å². The van der Waals surface area contributed by atoms with Crippen LogP contribution in [-0.4, -0.2) is 5.71 Å². The third-order valence-corrected chi connectivity index (χ3v) is 1.65. The van der Waals surface area contributed by atoms with E-state index in [4.69, 9.17) is 0 Å². The topological polar surface area (TPSA) is 12.4 Å². The number of rotatable bonds is 6. The van der Waals surface area contributed by atoms with Crippen LogP contribution in [0.3, 0.4) is 0 Å². The molecule has 1 heteroatoms. The van der Waals surface area contributed by atoms with Crippen LogP contribution in [0.25, 0.3) is 0 Å². The fraction of sp³-hybridized carbons (Fsp3) is 0.615. The highest BCUT2D eigenvalue weighted by Crippen LogP contribution is 2.02. The van der Waals surface area contributed by atoms with Crippen molar-refractivity contribution in [3.05, 3.63) is 24.9 Å². The largest absolute Gasteiger partial charge is 0.262 e. The van der Waals surface area contributed by atoms with E-state index in [2.05, 4.69) is 24.6 Å². The molecular formula is C13H25N. The molecule has 14 heavy (non-hydrogen) atoms. The van der Waals surface area contributed by atoms with Crippen molar-refractivity contribution < 1.29 is 0 Å². The monoisotopic (exact) mass is 195 g/mol. The van der Waals surface area contributed by atoms with Crippen LogP contribution in [-0.2, 0) is 0 Å². The van der Waals surface area contributed by atoms with Gasteiger partial charge in [0.1, 0.15) is 0 Å². The maximum Gasteiger partial charge on any atom is 0.0400 e. The van der Waals surface area contributed by atoms with Gasteiger partial charge in [0.15, 0.2) is 0 Å². The van der Waals surface area contributed by atoms with Gasteiger partial charge in [-0.3, -0.25) is 4.99 Å². The van der Waals surface area contributed by atoms with Crippen LogP contribution in [0.4, 0.5) is 0 Å². The predicted molar refractivity (Wildman–Crippen MR) is 67.9 cm³/mol. The van der Waals surface area contributed by atoms with Gasteiger partial charge in [0.25, 0.3) is 0 Å². The minimum atomic E-state index is 1.07. The molecule has 0 saturated heterocycles. The van der Waals surface area contributed by atoms with Gasteiger partial charge in [-0.1, -0.05) is 46.3 Å². The second kappa shape index (κ2) is 14.7. The zero-order valence-electron chi connectivity index (χ0n) is 10.2. The molecule has 0 aromatic carbocycles. The Morgan fingerprint density at radius 1 is 1.29 bits per heavy atom. The van der Waals surface area contributed by atoms with E-state index in [-0.39, 0.29) is 0 Å². The van der Waals surface area contributed by atoms with Crippen LogP contribution in [0.15, 0.2) is 29.9 Å². The quantitative estimate of drug-likeness (QED) is 0.428. The number of aliphatic imine (C=N–C) groups is 1. The Balaban J connectivity index is 0. The Morgan fingerprint density at radius 2 is 1.93 bits per heavy atom. The first kappa shape index (κ1) is 15.6. The van der Waals surface area contributed by atoms with Crippen molar-refractivity contribution in [2.45, 2.75) is 53.4 Å². The summed E-state index contributed by atoms with van der Waals surface area (Å²) in [5, 5.41) is 0. The molecule has 0 aromatic heterocycles. The lowest BCUT2D eigenvalue weighted by Gasteiger charge is -1.98. The van der Waals surface area contributed by atoms with Crippen molar-refractivity contribution in [2.75, 3.05) is 0 Å². The first-order valence-corrected chi connectivity index (χ1v) is 5.65. The lowest BCUT2D eigenvalue weighted by molar-refractivity contribution is 0.743. The lowest BCUT2D eigenvalue weighted by atomic mass is 10.1. The Morgan fingerprint density at radius 3 is 2.36 bits per heavy atom. The average Bonchev–Trinajstić information content (AvgIpc) is 2.22. The molecule has 1 nitrogen and oxygen atoms in total. The minimum absolute atomic E-state index is 1.07. The van der Waals surface area contributed by atoms with Gasteiger partial charge >= 0.3 is 0 Å². The molecule has 0 saturated carbocycles. The van der Waals surface area contributed by atoms with Crippen LogP contribution in [0.1, 0.15) is 53.4 Å². The molecule has 0 spiro atoms. The highest BCUT2D eigenvalue weighted by atomic mass is 14.7. The smallest absolute Gasteiger partial charge is 0.0400 e. The summed E-state index contributed by atoms with van der Waals surface area (Å²) in [6.07, 6.45) is 10.5. The summed E-state index contributed by atoms with van der Waals surface area (Å²) in [6.45, 7) is 11.8. The van der Waals surface area contributed by atoms with Crippen molar-refractivity contribution in [3.8, 4) is 0 Å². The molecule has 0 radical (unpaired) electrons. The third-order valence-electron chi connectivity index (χ3n) is 1.65. The second-order valence-electron chi connectivity index (χ2n) is 2.76. The van der Waals surface area contributed by atoms with Gasteiger partial charge in [-0.25, -0.2) is 0 Å². The molecule has 0 bridgehead atoms. The molecule has 0 aliphatic carbocycles. The van der Waals surface area contributed by atoms with Gasteiger partial charge in [-0.15, -0.1) is 0 Å². The highest BCUT2D eigenvalue weighted by molar-refractivity contribution is 5.95. The standard InChI is InChI=1S/C11H19N.C2H6/c1-4-7-8-10-11(9-5-2)12-6-3;1-2/h5-6,9H,3-4,7-8,10H2,1-2H3;1-2H3/b9-5-,12-11?;. The van der Waals surface area contributed by atoms with E-state index in [1.54, 1.807) is 6.20 Å². The molecular weight excluding hydrogens is 170 g/mol. The molecule has 82 valence electrons. The van der Waals surface area contributed by atoms with E-state index >= 15 is 0 Å². The Bertz CT molecular complexity index is 166. The summed E-state index contributed by atoms with van der Waals surface area (Å²) in [7, 11) is 0. The van der Waals surface area contributed by atoms with Crippen LogP contribution < -0.4 is 0 Å². The highest BCUT2D eigenvalue weighted by Gasteiger charge is 1.92. The summed E-state index contributed by atoms with van der Waals surface area (Å²) in [6, 6.07) is 0. The zero-order valence-corrected chi connectivity index (χ0v) is 10.2. The van der Waals surface area contributed by atoms with Gasteiger partial charge < -0.3 is 0 Å². The van der Waals surface area contributed by atoms with Gasteiger partial charge in [0.2, 0.25) is 0 Å². The maximum atomic E-state index is 4.18. The Kier molecular flexibility index (Phi) is 16.4. The molecule has 0 amide bonds. The molecule has 0 aliphatic heterocycles. The molecule has 0 aliphatic rings. The second-order valence-corrected chi connectivity index (χ2v) is 2.76. The van der Waals surface area contributed by atoms with Crippen LogP contribution in [0.2, 0.25) is 0 Å². The van der Waals surface area contributed by atoms with Crippen molar-refractivity contribution in [1.29, 1.82) is 0 Å². The normalized spacial score (nSPS) is 11.0. The first-order chi connectivity index (χ1) is 6.85. The summed E-state index contributed by atoms with van der Waals surface area (Å²) >= 11 is 0. The van der Waals surface area contributed by atoms with Crippen LogP contribution in [0, 0.1) is 0 Å². The van der Waals surface area contributed by atoms with Crippen LogP contribution in [0.5, 0.6) is 0 Å². The van der Waals surface area contributed by atoms with Crippen molar-refractivity contribution >= 4 is 5.71 Å². The Hall–Kier alpha value is -0.850. The van der Waals surface area contributed by atoms with E-state index in [9.17, 15) is 0 Å². The fourth-order valence-electron chi connectivity index (χ4n) is 1.06. The summed E-state index contributed by atoms with van der Waals surface area (Å²) in [4.78, 5) is 4.18. The Labute approximate surface area is 89.6 Å². The molecule has 0 unspecified atom stereocenters. The van der Waals surface area contributed by atoms with E-state index in [0.29, 0.717) is 0 Å². The summed E-state index contributed by atoms with van der Waals surface area (Å²) in [5.41, 5.74) is 1.14. The van der Waals surface area contributed by atoms with E-state index in [1.165, 1.54) is 19.3 Å².